The highest BCUT2D eigenvalue weighted by Crippen LogP contribution is 2.39. The van der Waals surface area contributed by atoms with Crippen molar-refractivity contribution >= 4 is 28.2 Å². The summed E-state index contributed by atoms with van der Waals surface area (Å²) in [5.74, 6) is 0.0344. The van der Waals surface area contributed by atoms with Crippen molar-refractivity contribution in [2.24, 2.45) is 11.7 Å². The molecule has 0 saturated heterocycles. The van der Waals surface area contributed by atoms with Gasteiger partial charge in [0, 0.05) is 4.88 Å². The molecule has 23 heavy (non-hydrogen) atoms. The largest absolute Gasteiger partial charge is 0.365 e. The van der Waals surface area contributed by atoms with E-state index in [1.165, 1.54) is 16.2 Å². The Morgan fingerprint density at radius 3 is 2.74 bits per heavy atom. The number of fused-ring (bicyclic) bond motifs is 1. The standard InChI is InChI=1S/C18H20N2O2S/c1-11-7-8-13-14(9-11)23-18(16(13)17(19)22)20-15(21)10-12-5-3-2-4-6-12/h2-6,11H,7-10H2,1H3,(H2,19,22)(H,20,21). The Morgan fingerprint density at radius 1 is 1.30 bits per heavy atom. The Kier molecular flexibility index (Phi) is 4.48. The minimum Gasteiger partial charge on any atom is -0.365 e. The van der Waals surface area contributed by atoms with Crippen LogP contribution in [0.1, 0.15) is 39.7 Å². The van der Waals surface area contributed by atoms with Crippen LogP contribution in [0, 0.1) is 5.92 Å². The minimum atomic E-state index is -0.452. The van der Waals surface area contributed by atoms with E-state index in [1.54, 1.807) is 0 Å². The van der Waals surface area contributed by atoms with Gasteiger partial charge in [-0.25, -0.2) is 0 Å². The maximum Gasteiger partial charge on any atom is 0.251 e. The summed E-state index contributed by atoms with van der Waals surface area (Å²) in [7, 11) is 0. The van der Waals surface area contributed by atoms with Gasteiger partial charge in [0.1, 0.15) is 5.00 Å². The highest BCUT2D eigenvalue weighted by molar-refractivity contribution is 7.17. The first-order chi connectivity index (χ1) is 11.0. The summed E-state index contributed by atoms with van der Waals surface area (Å²) in [5.41, 5.74) is 8.06. The molecule has 1 aliphatic carbocycles. The summed E-state index contributed by atoms with van der Waals surface area (Å²) in [5, 5.41) is 3.50. The summed E-state index contributed by atoms with van der Waals surface area (Å²) in [6, 6.07) is 9.55. The molecular formula is C18H20N2O2S. The van der Waals surface area contributed by atoms with Gasteiger partial charge in [-0.05, 0) is 36.3 Å². The van der Waals surface area contributed by atoms with Gasteiger partial charge in [0.25, 0.3) is 5.91 Å². The van der Waals surface area contributed by atoms with Crippen molar-refractivity contribution in [2.45, 2.75) is 32.6 Å². The van der Waals surface area contributed by atoms with Crippen LogP contribution in [-0.4, -0.2) is 11.8 Å². The quantitative estimate of drug-likeness (QED) is 0.905. The molecule has 2 amide bonds. The third kappa shape index (κ3) is 3.45. The molecule has 120 valence electrons. The van der Waals surface area contributed by atoms with E-state index in [0.29, 0.717) is 16.5 Å². The molecule has 1 aromatic carbocycles. The van der Waals surface area contributed by atoms with E-state index in [0.717, 1.165) is 30.4 Å². The highest BCUT2D eigenvalue weighted by Gasteiger charge is 2.27. The molecule has 0 radical (unpaired) electrons. The van der Waals surface area contributed by atoms with Crippen LogP contribution in [0.15, 0.2) is 30.3 Å². The lowest BCUT2D eigenvalue weighted by Crippen LogP contribution is -2.20. The summed E-state index contributed by atoms with van der Waals surface area (Å²) >= 11 is 1.50. The van der Waals surface area contributed by atoms with Crippen LogP contribution in [0.25, 0.3) is 0 Å². The number of amides is 2. The molecule has 0 fully saturated rings. The van der Waals surface area contributed by atoms with Crippen LogP contribution < -0.4 is 11.1 Å². The molecule has 5 heteroatoms. The smallest absolute Gasteiger partial charge is 0.251 e. The topological polar surface area (TPSA) is 72.2 Å². The molecule has 1 atom stereocenters. The van der Waals surface area contributed by atoms with Crippen molar-refractivity contribution in [3.8, 4) is 0 Å². The van der Waals surface area contributed by atoms with E-state index in [-0.39, 0.29) is 12.3 Å². The Morgan fingerprint density at radius 2 is 2.04 bits per heavy atom. The fraction of sp³-hybridized carbons (Fsp3) is 0.333. The average Bonchev–Trinajstić information content (AvgIpc) is 2.84. The predicted octanol–water partition coefficient (Wildman–Crippen LogP) is 3.15. The number of hydrogen-bond acceptors (Lipinski definition) is 3. The number of thiophene rings is 1. The van der Waals surface area contributed by atoms with Gasteiger partial charge in [-0.3, -0.25) is 9.59 Å². The van der Waals surface area contributed by atoms with Crippen molar-refractivity contribution in [2.75, 3.05) is 5.32 Å². The number of hydrogen-bond donors (Lipinski definition) is 2. The first-order valence-corrected chi connectivity index (χ1v) is 8.64. The van der Waals surface area contributed by atoms with Crippen LogP contribution in [0.2, 0.25) is 0 Å². The van der Waals surface area contributed by atoms with Gasteiger partial charge in [0.05, 0.1) is 12.0 Å². The minimum absolute atomic E-state index is 0.120. The Labute approximate surface area is 139 Å². The monoisotopic (exact) mass is 328 g/mol. The van der Waals surface area contributed by atoms with Gasteiger partial charge in [-0.2, -0.15) is 0 Å². The number of anilines is 1. The number of nitrogens with one attached hydrogen (secondary N) is 1. The summed E-state index contributed by atoms with van der Waals surface area (Å²) in [6.07, 6.45) is 3.16. The van der Waals surface area contributed by atoms with Crippen molar-refractivity contribution in [1.82, 2.24) is 0 Å². The predicted molar refractivity (Wildman–Crippen MR) is 92.8 cm³/mol. The second-order valence-corrected chi connectivity index (χ2v) is 7.24. The van der Waals surface area contributed by atoms with E-state index in [1.807, 2.05) is 30.3 Å². The van der Waals surface area contributed by atoms with Crippen molar-refractivity contribution in [1.29, 1.82) is 0 Å². The Hall–Kier alpha value is -2.14. The van der Waals surface area contributed by atoms with Crippen LogP contribution in [0.4, 0.5) is 5.00 Å². The molecule has 3 N–H and O–H groups in total. The van der Waals surface area contributed by atoms with Crippen molar-refractivity contribution < 1.29 is 9.59 Å². The zero-order valence-electron chi connectivity index (χ0n) is 13.1. The molecule has 1 aliphatic rings. The molecule has 0 aliphatic heterocycles. The zero-order chi connectivity index (χ0) is 16.4. The third-order valence-electron chi connectivity index (χ3n) is 4.22. The van der Waals surface area contributed by atoms with Crippen LogP contribution in [-0.2, 0) is 24.1 Å². The molecule has 2 aromatic rings. The molecule has 0 saturated carbocycles. The lowest BCUT2D eigenvalue weighted by Gasteiger charge is -2.18. The molecule has 1 aromatic heterocycles. The number of nitrogens with two attached hydrogens (primary N) is 1. The number of rotatable bonds is 4. The second-order valence-electron chi connectivity index (χ2n) is 6.13. The Bertz CT molecular complexity index is 737. The highest BCUT2D eigenvalue weighted by atomic mass is 32.1. The van der Waals surface area contributed by atoms with E-state index in [4.69, 9.17) is 5.73 Å². The lowest BCUT2D eigenvalue weighted by atomic mass is 9.88. The van der Waals surface area contributed by atoms with Gasteiger partial charge in [0.2, 0.25) is 5.91 Å². The van der Waals surface area contributed by atoms with Crippen molar-refractivity contribution in [3.63, 3.8) is 0 Å². The number of carbonyl (C=O) groups is 2. The van der Waals surface area contributed by atoms with Crippen molar-refractivity contribution in [3.05, 3.63) is 51.9 Å². The molecule has 1 unspecified atom stereocenters. The lowest BCUT2D eigenvalue weighted by molar-refractivity contribution is -0.115. The van der Waals surface area contributed by atoms with E-state index < -0.39 is 5.91 Å². The van der Waals surface area contributed by atoms with Gasteiger partial charge in [-0.1, -0.05) is 37.3 Å². The number of carbonyl (C=O) groups excluding carboxylic acids is 2. The van der Waals surface area contributed by atoms with Gasteiger partial charge in [0.15, 0.2) is 0 Å². The maximum atomic E-state index is 12.3. The normalized spacial score (nSPS) is 16.7. The van der Waals surface area contributed by atoms with E-state index >= 15 is 0 Å². The summed E-state index contributed by atoms with van der Waals surface area (Å²) < 4.78 is 0. The van der Waals surface area contributed by atoms with Crippen LogP contribution >= 0.6 is 11.3 Å². The molecule has 0 bridgehead atoms. The first-order valence-electron chi connectivity index (χ1n) is 7.82. The Balaban J connectivity index is 1.82. The average molecular weight is 328 g/mol. The van der Waals surface area contributed by atoms with Crippen LogP contribution in [0.5, 0.6) is 0 Å². The van der Waals surface area contributed by atoms with Gasteiger partial charge >= 0.3 is 0 Å². The number of primary amides is 1. The molecular weight excluding hydrogens is 308 g/mol. The number of benzene rings is 1. The van der Waals surface area contributed by atoms with Gasteiger partial charge < -0.3 is 11.1 Å². The van der Waals surface area contributed by atoms with E-state index in [2.05, 4.69) is 12.2 Å². The molecule has 4 nitrogen and oxygen atoms in total. The molecule has 0 spiro atoms. The van der Waals surface area contributed by atoms with Gasteiger partial charge in [-0.15, -0.1) is 11.3 Å². The van der Waals surface area contributed by atoms with E-state index in [9.17, 15) is 9.59 Å². The summed E-state index contributed by atoms with van der Waals surface area (Å²) in [4.78, 5) is 25.3. The fourth-order valence-corrected chi connectivity index (χ4v) is 4.48. The summed E-state index contributed by atoms with van der Waals surface area (Å²) in [6.45, 7) is 2.21. The second kappa shape index (κ2) is 6.54. The van der Waals surface area contributed by atoms with Crippen LogP contribution in [0.3, 0.4) is 0 Å². The third-order valence-corrected chi connectivity index (χ3v) is 5.39. The SMILES string of the molecule is CC1CCc2c(sc(NC(=O)Cc3ccccc3)c2C(N)=O)C1. The zero-order valence-corrected chi connectivity index (χ0v) is 13.9. The molecule has 3 rings (SSSR count). The first kappa shape index (κ1) is 15.7. The molecule has 1 heterocycles. The fourth-order valence-electron chi connectivity index (χ4n) is 3.05. The maximum absolute atomic E-state index is 12.3.